The Labute approximate surface area is 148 Å². The quantitative estimate of drug-likeness (QED) is 0.928. The number of fused-ring (bicyclic) bond motifs is 1. The van der Waals surface area contributed by atoms with Gasteiger partial charge in [-0.25, -0.2) is 4.98 Å². The van der Waals surface area contributed by atoms with Gasteiger partial charge in [-0.15, -0.1) is 0 Å². The molecular formula is C20H24N4O. The third-order valence-electron chi connectivity index (χ3n) is 5.54. The van der Waals surface area contributed by atoms with Gasteiger partial charge in [0.25, 0.3) is 5.91 Å². The van der Waals surface area contributed by atoms with Crippen LogP contribution < -0.4 is 5.73 Å². The van der Waals surface area contributed by atoms with Crippen LogP contribution in [0.5, 0.6) is 0 Å². The summed E-state index contributed by atoms with van der Waals surface area (Å²) in [5.74, 6) is -0.542. The normalized spacial score (nSPS) is 18.2. The van der Waals surface area contributed by atoms with Crippen LogP contribution in [0.4, 0.5) is 0 Å². The van der Waals surface area contributed by atoms with E-state index in [1.165, 1.54) is 55.2 Å². The maximum atomic E-state index is 11.1. The van der Waals surface area contributed by atoms with Crippen LogP contribution in [-0.2, 0) is 19.3 Å². The average Bonchev–Trinajstić information content (AvgIpc) is 2.77. The third-order valence-corrected chi connectivity index (χ3v) is 5.54. The first-order valence-corrected chi connectivity index (χ1v) is 9.14. The van der Waals surface area contributed by atoms with Crippen LogP contribution in [0.2, 0.25) is 0 Å². The molecule has 5 heteroatoms. The number of primary amides is 1. The maximum Gasteiger partial charge on any atom is 0.268 e. The highest BCUT2D eigenvalue weighted by atomic mass is 16.1. The van der Waals surface area contributed by atoms with Gasteiger partial charge in [-0.1, -0.05) is 24.6 Å². The van der Waals surface area contributed by atoms with Gasteiger partial charge < -0.3 is 5.73 Å². The minimum atomic E-state index is -0.542. The smallest absolute Gasteiger partial charge is 0.268 e. The Morgan fingerprint density at radius 1 is 1.12 bits per heavy atom. The molecule has 1 aliphatic carbocycles. The molecule has 2 heterocycles. The Morgan fingerprint density at radius 3 is 2.56 bits per heavy atom. The molecule has 1 aromatic heterocycles. The molecule has 1 amide bonds. The van der Waals surface area contributed by atoms with E-state index in [0.29, 0.717) is 0 Å². The van der Waals surface area contributed by atoms with E-state index in [2.05, 4.69) is 33.1 Å². The number of carbonyl (C=O) groups is 1. The summed E-state index contributed by atoms with van der Waals surface area (Å²) in [6.07, 6.45) is 10.3. The Hall–Kier alpha value is -2.27. The molecule has 2 aliphatic rings. The number of nitrogens with zero attached hydrogens (tertiary/aromatic N) is 3. The van der Waals surface area contributed by atoms with E-state index in [4.69, 9.17) is 5.73 Å². The number of benzene rings is 1. The van der Waals surface area contributed by atoms with E-state index in [1.54, 1.807) is 6.20 Å². The number of amides is 1. The Bertz CT molecular complexity index is 768. The predicted molar refractivity (Wildman–Crippen MR) is 96.4 cm³/mol. The zero-order valence-electron chi connectivity index (χ0n) is 14.4. The number of hydrogen-bond donors (Lipinski definition) is 1. The highest BCUT2D eigenvalue weighted by molar-refractivity contribution is 5.90. The van der Waals surface area contributed by atoms with E-state index in [0.717, 1.165) is 31.0 Å². The van der Waals surface area contributed by atoms with Gasteiger partial charge in [0.2, 0.25) is 0 Å². The lowest BCUT2D eigenvalue weighted by atomic mass is 9.91. The van der Waals surface area contributed by atoms with Gasteiger partial charge in [-0.3, -0.25) is 14.7 Å². The Balaban J connectivity index is 1.46. The largest absolute Gasteiger partial charge is 0.364 e. The Kier molecular flexibility index (Phi) is 4.49. The molecule has 1 fully saturated rings. The maximum absolute atomic E-state index is 11.1. The van der Waals surface area contributed by atoms with E-state index in [9.17, 15) is 4.79 Å². The van der Waals surface area contributed by atoms with Gasteiger partial charge in [0.05, 0.1) is 11.9 Å². The minimum Gasteiger partial charge on any atom is -0.364 e. The molecular weight excluding hydrogens is 312 g/mol. The van der Waals surface area contributed by atoms with Gasteiger partial charge >= 0.3 is 0 Å². The van der Waals surface area contributed by atoms with Crippen molar-refractivity contribution in [2.45, 2.75) is 44.6 Å². The first kappa shape index (κ1) is 16.2. The summed E-state index contributed by atoms with van der Waals surface area (Å²) < 4.78 is 0. The highest BCUT2D eigenvalue weighted by Crippen LogP contribution is 2.27. The van der Waals surface area contributed by atoms with Gasteiger partial charge in [-0.05, 0) is 42.4 Å². The molecule has 1 aliphatic heterocycles. The number of rotatable bonds is 4. The SMILES string of the molecule is NC(=O)c1cnc(Cc2ccc3c(c2)CCN(C2CCC2)CC3)cn1. The van der Waals surface area contributed by atoms with Crippen molar-refractivity contribution in [3.8, 4) is 0 Å². The van der Waals surface area contributed by atoms with Crippen molar-refractivity contribution in [2.24, 2.45) is 5.73 Å². The van der Waals surface area contributed by atoms with Gasteiger partial charge in [0, 0.05) is 31.7 Å². The summed E-state index contributed by atoms with van der Waals surface area (Å²) in [7, 11) is 0. The summed E-state index contributed by atoms with van der Waals surface area (Å²) >= 11 is 0. The minimum absolute atomic E-state index is 0.210. The molecule has 2 N–H and O–H groups in total. The molecule has 5 nitrogen and oxygen atoms in total. The third kappa shape index (κ3) is 3.56. The molecule has 0 saturated heterocycles. The fourth-order valence-electron chi connectivity index (χ4n) is 3.81. The number of carbonyl (C=O) groups excluding carboxylic acids is 1. The van der Waals surface area contributed by atoms with Gasteiger partial charge in [0.1, 0.15) is 5.69 Å². The molecule has 0 atom stereocenters. The predicted octanol–water partition coefficient (Wildman–Crippen LogP) is 2.12. The van der Waals surface area contributed by atoms with Gasteiger partial charge in [-0.2, -0.15) is 0 Å². The lowest BCUT2D eigenvalue weighted by Crippen LogP contribution is -2.41. The number of hydrogen-bond acceptors (Lipinski definition) is 4. The van der Waals surface area contributed by atoms with Crippen LogP contribution in [0, 0.1) is 0 Å². The van der Waals surface area contributed by atoms with E-state index < -0.39 is 5.91 Å². The topological polar surface area (TPSA) is 72.1 Å². The fourth-order valence-corrected chi connectivity index (χ4v) is 3.81. The second-order valence-corrected chi connectivity index (χ2v) is 7.16. The van der Waals surface area contributed by atoms with Crippen LogP contribution in [0.3, 0.4) is 0 Å². The molecule has 2 aromatic rings. The lowest BCUT2D eigenvalue weighted by Gasteiger charge is -2.36. The fraction of sp³-hybridized carbons (Fsp3) is 0.450. The molecule has 1 aromatic carbocycles. The number of nitrogens with two attached hydrogens (primary N) is 1. The summed E-state index contributed by atoms with van der Waals surface area (Å²) in [5, 5.41) is 0. The highest BCUT2D eigenvalue weighted by Gasteiger charge is 2.26. The van der Waals surface area contributed by atoms with Crippen molar-refractivity contribution in [1.82, 2.24) is 14.9 Å². The first-order chi connectivity index (χ1) is 12.2. The monoisotopic (exact) mass is 336 g/mol. The second kappa shape index (κ2) is 6.92. The van der Waals surface area contributed by atoms with Crippen molar-refractivity contribution in [1.29, 1.82) is 0 Å². The van der Waals surface area contributed by atoms with Crippen LogP contribution >= 0.6 is 0 Å². The average molecular weight is 336 g/mol. The molecule has 4 rings (SSSR count). The molecule has 0 unspecified atom stereocenters. The van der Waals surface area contributed by atoms with Crippen molar-refractivity contribution in [3.63, 3.8) is 0 Å². The van der Waals surface area contributed by atoms with Crippen LogP contribution in [0.25, 0.3) is 0 Å². The van der Waals surface area contributed by atoms with E-state index >= 15 is 0 Å². The molecule has 25 heavy (non-hydrogen) atoms. The van der Waals surface area contributed by atoms with Gasteiger partial charge in [0.15, 0.2) is 0 Å². The molecule has 1 saturated carbocycles. The molecule has 0 bridgehead atoms. The van der Waals surface area contributed by atoms with Crippen LogP contribution in [0.15, 0.2) is 30.6 Å². The molecule has 130 valence electrons. The lowest BCUT2D eigenvalue weighted by molar-refractivity contribution is 0.0995. The summed E-state index contributed by atoms with van der Waals surface area (Å²) in [6.45, 7) is 2.37. The van der Waals surface area contributed by atoms with Crippen LogP contribution in [0.1, 0.15) is 52.1 Å². The summed E-state index contributed by atoms with van der Waals surface area (Å²) in [4.78, 5) is 22.1. The van der Waals surface area contributed by atoms with Crippen LogP contribution in [-0.4, -0.2) is 39.9 Å². The van der Waals surface area contributed by atoms with E-state index in [-0.39, 0.29) is 5.69 Å². The summed E-state index contributed by atoms with van der Waals surface area (Å²) in [6, 6.07) is 7.62. The number of aromatic nitrogens is 2. The Morgan fingerprint density at radius 2 is 1.92 bits per heavy atom. The zero-order chi connectivity index (χ0) is 17.2. The van der Waals surface area contributed by atoms with E-state index in [1.807, 2.05) is 0 Å². The molecule has 0 radical (unpaired) electrons. The molecule has 0 spiro atoms. The zero-order valence-corrected chi connectivity index (χ0v) is 14.4. The van der Waals surface area contributed by atoms with Crippen molar-refractivity contribution < 1.29 is 4.79 Å². The van der Waals surface area contributed by atoms with Crippen molar-refractivity contribution >= 4 is 5.91 Å². The second-order valence-electron chi connectivity index (χ2n) is 7.16. The van der Waals surface area contributed by atoms with Crippen molar-refractivity contribution in [3.05, 3.63) is 58.7 Å². The summed E-state index contributed by atoms with van der Waals surface area (Å²) in [5.41, 5.74) is 10.5. The standard InChI is InChI=1S/C20H24N4O/c21-20(25)19-13-22-17(12-23-19)11-14-4-5-15-6-8-24(18-2-1-3-18)9-7-16(15)10-14/h4-5,10,12-13,18H,1-3,6-9,11H2,(H2,21,25). The first-order valence-electron chi connectivity index (χ1n) is 9.14. The van der Waals surface area contributed by atoms with Crippen molar-refractivity contribution in [2.75, 3.05) is 13.1 Å².